The van der Waals surface area contributed by atoms with E-state index >= 15 is 0 Å². The molecule has 0 bridgehead atoms. The number of amides is 1. The lowest BCUT2D eigenvalue weighted by atomic mass is 9.90. The Labute approximate surface area is 310 Å². The molecule has 1 aliphatic heterocycles. The van der Waals surface area contributed by atoms with Gasteiger partial charge in [-0.15, -0.1) is 0 Å². The maximum absolute atomic E-state index is 11.5. The Morgan fingerprint density at radius 2 is 1.41 bits per heavy atom. The molecule has 4 heterocycles. The van der Waals surface area contributed by atoms with Crippen LogP contribution >= 0.6 is 0 Å². The van der Waals surface area contributed by atoms with Crippen LogP contribution in [0.4, 0.5) is 17.5 Å². The van der Waals surface area contributed by atoms with Crippen molar-refractivity contribution in [1.82, 2.24) is 34.5 Å². The molecule has 0 unspecified atom stereocenters. The first kappa shape index (κ1) is 40.6. The zero-order valence-electron chi connectivity index (χ0n) is 30.6. The second kappa shape index (κ2) is 18.6. The highest BCUT2D eigenvalue weighted by Crippen LogP contribution is 2.37. The summed E-state index contributed by atoms with van der Waals surface area (Å²) in [6, 6.07) is 14.0. The van der Waals surface area contributed by atoms with Crippen LogP contribution < -0.4 is 16.8 Å². The summed E-state index contributed by atoms with van der Waals surface area (Å²) in [5.41, 5.74) is 16.5. The lowest BCUT2D eigenvalue weighted by Crippen LogP contribution is -2.49. The van der Waals surface area contributed by atoms with Crippen LogP contribution in [0.2, 0.25) is 0 Å². The number of nitrogens with zero attached hydrogens (tertiary/aromatic N) is 7. The van der Waals surface area contributed by atoms with E-state index in [1.54, 1.807) is 18.2 Å². The number of carbonyl (C=O) groups is 4. The molecule has 2 aliphatic rings. The van der Waals surface area contributed by atoms with Gasteiger partial charge in [-0.3, -0.25) is 24.1 Å². The number of anilines is 3. The summed E-state index contributed by atoms with van der Waals surface area (Å²) >= 11 is 0. The zero-order chi connectivity index (χ0) is 39.5. The third-order valence-corrected chi connectivity index (χ3v) is 8.67. The minimum Gasteiger partial charge on any atom is -0.481 e. The van der Waals surface area contributed by atoms with Crippen LogP contribution in [-0.2, 0) is 14.4 Å². The van der Waals surface area contributed by atoms with Crippen LogP contribution in [0.25, 0.3) is 33.4 Å². The van der Waals surface area contributed by atoms with Crippen molar-refractivity contribution in [3.05, 3.63) is 54.4 Å². The topological polar surface area (TPSA) is 269 Å². The van der Waals surface area contributed by atoms with E-state index in [2.05, 4.69) is 41.8 Å². The summed E-state index contributed by atoms with van der Waals surface area (Å²) in [7, 11) is 2.20. The number of primary amides is 1. The molecule has 2 aromatic carbocycles. The molecule has 8 N–H and O–H groups in total. The summed E-state index contributed by atoms with van der Waals surface area (Å²) in [5, 5.41) is 31.3. The number of piperazine rings is 1. The first-order valence-electron chi connectivity index (χ1n) is 17.2. The highest BCUT2D eigenvalue weighted by Gasteiger charge is 2.30. The van der Waals surface area contributed by atoms with Gasteiger partial charge < -0.3 is 41.4 Å². The number of carbonyl (C=O) groups excluding carboxylic acids is 1. The van der Waals surface area contributed by atoms with E-state index in [-0.39, 0.29) is 6.04 Å². The van der Waals surface area contributed by atoms with Crippen molar-refractivity contribution in [2.45, 2.75) is 58.5 Å². The highest BCUT2D eigenvalue weighted by molar-refractivity contribution is 5.98. The van der Waals surface area contributed by atoms with Crippen molar-refractivity contribution < 1.29 is 38.9 Å². The van der Waals surface area contributed by atoms with Crippen LogP contribution in [-0.4, -0.2) is 113 Å². The first-order valence-corrected chi connectivity index (χ1v) is 17.2. The summed E-state index contributed by atoms with van der Waals surface area (Å²) in [6.45, 7) is 7.84. The highest BCUT2D eigenvalue weighted by atomic mass is 16.4. The number of aliphatic carboxylic acids is 3. The zero-order valence-corrected chi connectivity index (χ0v) is 30.6. The molecule has 3 aromatic heterocycles. The molecule has 1 saturated carbocycles. The fourth-order valence-electron chi connectivity index (χ4n) is 6.28. The van der Waals surface area contributed by atoms with Gasteiger partial charge in [0.15, 0.2) is 11.2 Å². The molecular weight excluding hydrogens is 700 g/mol. The molecule has 2 fully saturated rings. The molecule has 1 saturated heterocycles. The van der Waals surface area contributed by atoms with E-state index in [0.29, 0.717) is 34.5 Å². The van der Waals surface area contributed by atoms with Gasteiger partial charge in [0.2, 0.25) is 5.91 Å². The van der Waals surface area contributed by atoms with Crippen LogP contribution in [0, 0.1) is 0 Å². The van der Waals surface area contributed by atoms with Gasteiger partial charge in [0, 0.05) is 69.8 Å². The Morgan fingerprint density at radius 3 is 1.98 bits per heavy atom. The second-order valence-electron chi connectivity index (χ2n) is 12.9. The van der Waals surface area contributed by atoms with Gasteiger partial charge >= 0.3 is 0 Å². The van der Waals surface area contributed by atoms with Gasteiger partial charge in [0.25, 0.3) is 23.9 Å². The average Bonchev–Trinajstić information content (AvgIpc) is 3.70. The molecule has 1 amide bonds. The number of rotatable bonds is 6. The molecule has 1 aliphatic carbocycles. The predicted molar refractivity (Wildman–Crippen MR) is 201 cm³/mol. The average molecular weight is 747 g/mol. The van der Waals surface area contributed by atoms with E-state index in [9.17, 15) is 4.79 Å². The molecule has 18 nitrogen and oxygen atoms in total. The largest absolute Gasteiger partial charge is 0.481 e. The van der Waals surface area contributed by atoms with Gasteiger partial charge in [0.05, 0.1) is 11.4 Å². The van der Waals surface area contributed by atoms with Crippen molar-refractivity contribution in [1.29, 1.82) is 0 Å². The minimum atomic E-state index is -0.833. The number of aromatic nitrogens is 5. The Bertz CT molecular complexity index is 2020. The Balaban J connectivity index is 0.000000477. The molecule has 0 spiro atoms. The molecule has 7 rings (SSSR count). The van der Waals surface area contributed by atoms with Crippen LogP contribution in [0.5, 0.6) is 0 Å². The number of oxazole rings is 1. The van der Waals surface area contributed by atoms with Gasteiger partial charge in [-0.1, -0.05) is 12.1 Å². The molecule has 0 atom stereocenters. The number of carboxylic acids is 3. The molecule has 0 radical (unpaired) electrons. The van der Waals surface area contributed by atoms with Crippen molar-refractivity contribution in [2.24, 2.45) is 5.73 Å². The number of hydrogen-bond acceptors (Lipinski definition) is 13. The number of nitrogens with two attached hydrogens (primary N) is 2. The minimum absolute atomic E-state index is 0.273. The summed E-state index contributed by atoms with van der Waals surface area (Å²) in [4.78, 5) is 56.9. The molecule has 5 aromatic rings. The number of benzene rings is 2. The lowest BCUT2D eigenvalue weighted by Gasteiger charge is -2.41. The molecular formula is C36H46N10O8. The number of carboxylic acid groups (broad SMARTS) is 3. The first-order chi connectivity index (χ1) is 25.6. The van der Waals surface area contributed by atoms with E-state index < -0.39 is 23.8 Å². The SMILES string of the molecule is CC(=O)O.CC(=O)O.CC(=O)O.CN1CCN([C@H]2CC[C@@H](n3nc(-c4ccc(Nc5nc6cc(C(N)=O)ccc6o5)cc4)c4c(N)ncnc43)CC2)CC1. The van der Waals surface area contributed by atoms with Crippen molar-refractivity contribution in [3.63, 3.8) is 0 Å². The molecule has 54 heavy (non-hydrogen) atoms. The quantitative estimate of drug-likeness (QED) is 0.143. The lowest BCUT2D eigenvalue weighted by molar-refractivity contribution is -0.135. The van der Waals surface area contributed by atoms with Crippen molar-refractivity contribution in [3.8, 4) is 11.3 Å². The summed E-state index contributed by atoms with van der Waals surface area (Å²) < 4.78 is 7.87. The summed E-state index contributed by atoms with van der Waals surface area (Å²) in [6.07, 6.45) is 5.96. The predicted octanol–water partition coefficient (Wildman–Crippen LogP) is 4.06. The molecule has 18 heteroatoms. The third-order valence-electron chi connectivity index (χ3n) is 8.67. The molecule has 288 valence electrons. The fourth-order valence-corrected chi connectivity index (χ4v) is 6.28. The van der Waals surface area contributed by atoms with E-state index in [0.717, 1.165) is 101 Å². The number of fused-ring (bicyclic) bond motifs is 2. The number of likely N-dealkylation sites (N-methyl/N-ethyl adjacent to an activating group) is 1. The van der Waals surface area contributed by atoms with Crippen LogP contribution in [0.15, 0.2) is 53.2 Å². The number of hydrogen-bond donors (Lipinski definition) is 6. The standard InChI is InChI=1S/C30H34N10O2.3C2H4O2/c1-38-12-14-39(15-13-38)21-7-9-22(10-8-21)40-29-25(27(31)33-17-34-29)26(37-40)18-2-5-20(6-3-18)35-30-36-23-16-19(28(32)41)4-11-24(23)42-30;3*1-2(3)4/h2-6,11,16-17,21-22H,7-10,12-15H2,1H3,(H2,32,41)(H,35,36)(H2,31,33,34);3*1H3,(H,3,4)/t21-,22+;;;. The maximum Gasteiger partial charge on any atom is 0.300 e. The van der Waals surface area contributed by atoms with Crippen molar-refractivity contribution in [2.75, 3.05) is 44.3 Å². The van der Waals surface area contributed by atoms with Crippen molar-refractivity contribution >= 4 is 63.5 Å². The van der Waals surface area contributed by atoms with E-state index in [4.69, 9.17) is 50.7 Å². The maximum atomic E-state index is 11.5. The van der Waals surface area contributed by atoms with Gasteiger partial charge in [-0.05, 0) is 63.1 Å². The van der Waals surface area contributed by atoms with E-state index in [1.807, 2.05) is 24.3 Å². The Kier molecular flexibility index (Phi) is 14.0. The van der Waals surface area contributed by atoms with Crippen LogP contribution in [0.1, 0.15) is 62.9 Å². The normalized spacial score (nSPS) is 17.2. The van der Waals surface area contributed by atoms with Gasteiger partial charge in [0.1, 0.15) is 23.4 Å². The van der Waals surface area contributed by atoms with Gasteiger partial charge in [-0.2, -0.15) is 10.1 Å². The monoisotopic (exact) mass is 746 g/mol. The summed E-state index contributed by atoms with van der Waals surface area (Å²) in [5.74, 6) is -2.58. The second-order valence-corrected chi connectivity index (χ2v) is 12.9. The Hall–Kier alpha value is -6.14. The van der Waals surface area contributed by atoms with Crippen LogP contribution in [0.3, 0.4) is 0 Å². The smallest absolute Gasteiger partial charge is 0.300 e. The van der Waals surface area contributed by atoms with Gasteiger partial charge in [-0.25, -0.2) is 14.6 Å². The van der Waals surface area contributed by atoms with E-state index in [1.165, 1.54) is 6.33 Å². The number of nitrogen functional groups attached to an aromatic ring is 1. The fraction of sp³-hybridized carbons (Fsp3) is 0.389. The number of nitrogens with one attached hydrogen (secondary N) is 1. The third kappa shape index (κ3) is 11.2. The Morgan fingerprint density at radius 1 is 0.833 bits per heavy atom.